The molecule has 0 amide bonds. The lowest BCUT2D eigenvalue weighted by Gasteiger charge is -2.18. The van der Waals surface area contributed by atoms with E-state index < -0.39 is 5.57 Å². The van der Waals surface area contributed by atoms with Crippen LogP contribution in [0.3, 0.4) is 0 Å². The van der Waals surface area contributed by atoms with Gasteiger partial charge in [-0.05, 0) is 17.8 Å². The Kier molecular flexibility index (Phi) is 1.21. The van der Waals surface area contributed by atoms with Gasteiger partial charge in [0.1, 0.15) is 7.85 Å². The molecule has 0 aliphatic heterocycles. The standard InChI is InChI=1S/C7H12BF/c1-6(2,3)5-4-7(5,8)9/h5H,4H2,1-3H3. The van der Waals surface area contributed by atoms with E-state index in [9.17, 15) is 4.39 Å². The van der Waals surface area contributed by atoms with Crippen LogP contribution in [0.2, 0.25) is 0 Å². The van der Waals surface area contributed by atoms with Crippen molar-refractivity contribution < 1.29 is 4.39 Å². The van der Waals surface area contributed by atoms with E-state index in [4.69, 9.17) is 7.85 Å². The zero-order chi connectivity index (χ0) is 7.28. The van der Waals surface area contributed by atoms with Crippen LogP contribution < -0.4 is 0 Å². The van der Waals surface area contributed by atoms with Crippen molar-refractivity contribution in [3.63, 3.8) is 0 Å². The Morgan fingerprint density at radius 3 is 1.89 bits per heavy atom. The molecule has 1 aliphatic carbocycles. The van der Waals surface area contributed by atoms with Crippen LogP contribution in [0.4, 0.5) is 4.39 Å². The third-order valence-corrected chi connectivity index (χ3v) is 1.98. The first-order valence-electron chi connectivity index (χ1n) is 3.32. The van der Waals surface area contributed by atoms with Crippen LogP contribution in [0, 0.1) is 11.3 Å². The van der Waals surface area contributed by atoms with Gasteiger partial charge in [-0.15, -0.1) is 0 Å². The molecule has 1 fully saturated rings. The largest absolute Gasteiger partial charge is 0.255 e. The fourth-order valence-electron chi connectivity index (χ4n) is 1.28. The smallest absolute Gasteiger partial charge is 0.121 e. The highest BCUT2D eigenvalue weighted by molar-refractivity contribution is 6.16. The van der Waals surface area contributed by atoms with E-state index in [0.717, 1.165) is 0 Å². The van der Waals surface area contributed by atoms with Crippen molar-refractivity contribution in [2.24, 2.45) is 11.3 Å². The molecular formula is C7H12BF. The van der Waals surface area contributed by atoms with E-state index in [-0.39, 0.29) is 11.3 Å². The molecule has 9 heavy (non-hydrogen) atoms. The van der Waals surface area contributed by atoms with Gasteiger partial charge in [-0.3, -0.25) is 4.39 Å². The summed E-state index contributed by atoms with van der Waals surface area (Å²) in [7, 11) is 5.23. The molecule has 2 atom stereocenters. The minimum atomic E-state index is -1.35. The SMILES string of the molecule is [B]C1(F)CC1C(C)(C)C. The quantitative estimate of drug-likeness (QED) is 0.434. The summed E-state index contributed by atoms with van der Waals surface area (Å²) < 4.78 is 12.7. The molecule has 2 unspecified atom stereocenters. The lowest BCUT2D eigenvalue weighted by molar-refractivity contribution is 0.275. The van der Waals surface area contributed by atoms with Gasteiger partial charge in [-0.25, -0.2) is 0 Å². The molecule has 50 valence electrons. The molecule has 0 heterocycles. The maximum absolute atomic E-state index is 12.7. The van der Waals surface area contributed by atoms with Crippen LogP contribution in [0.25, 0.3) is 0 Å². The lowest BCUT2D eigenvalue weighted by atomic mass is 9.83. The summed E-state index contributed by atoms with van der Waals surface area (Å²) in [6.45, 7) is 6.06. The minimum absolute atomic E-state index is 0.0451. The fourth-order valence-corrected chi connectivity index (χ4v) is 1.28. The number of alkyl halides is 1. The molecule has 1 rings (SSSR count). The van der Waals surface area contributed by atoms with Crippen molar-refractivity contribution in [2.45, 2.75) is 32.8 Å². The van der Waals surface area contributed by atoms with Gasteiger partial charge in [0, 0.05) is 0 Å². The maximum Gasteiger partial charge on any atom is 0.121 e. The summed E-state index contributed by atoms with van der Waals surface area (Å²) in [6.07, 6.45) is 0.538. The minimum Gasteiger partial charge on any atom is -0.255 e. The molecule has 0 spiro atoms. The summed E-state index contributed by atoms with van der Waals surface area (Å²) in [6, 6.07) is 0. The Morgan fingerprint density at radius 1 is 1.56 bits per heavy atom. The first-order valence-corrected chi connectivity index (χ1v) is 3.32. The van der Waals surface area contributed by atoms with Crippen molar-refractivity contribution >= 4 is 7.85 Å². The topological polar surface area (TPSA) is 0 Å². The molecular weight excluding hydrogens is 114 g/mol. The van der Waals surface area contributed by atoms with Gasteiger partial charge in [-0.2, -0.15) is 0 Å². The third kappa shape index (κ3) is 1.28. The predicted molar refractivity (Wildman–Crippen MR) is 37.2 cm³/mol. The Labute approximate surface area is 57.2 Å². The van der Waals surface area contributed by atoms with E-state index in [0.29, 0.717) is 6.42 Å². The molecule has 1 aliphatic rings. The average Bonchev–Trinajstić information content (AvgIpc) is 2.10. The third-order valence-electron chi connectivity index (χ3n) is 1.98. The highest BCUT2D eigenvalue weighted by Gasteiger charge is 2.55. The van der Waals surface area contributed by atoms with E-state index in [1.54, 1.807) is 0 Å². The zero-order valence-corrected chi connectivity index (χ0v) is 6.24. The molecule has 0 aromatic heterocycles. The first-order chi connectivity index (χ1) is 3.84. The van der Waals surface area contributed by atoms with Crippen molar-refractivity contribution in [2.75, 3.05) is 0 Å². The van der Waals surface area contributed by atoms with Crippen molar-refractivity contribution in [3.05, 3.63) is 0 Å². The highest BCUT2D eigenvalue weighted by atomic mass is 19.1. The van der Waals surface area contributed by atoms with Gasteiger partial charge >= 0.3 is 0 Å². The van der Waals surface area contributed by atoms with Crippen molar-refractivity contribution in [1.29, 1.82) is 0 Å². The maximum atomic E-state index is 12.7. The van der Waals surface area contributed by atoms with Gasteiger partial charge in [0.15, 0.2) is 0 Å². The summed E-state index contributed by atoms with van der Waals surface area (Å²) >= 11 is 0. The number of rotatable bonds is 0. The number of hydrogen-bond donors (Lipinski definition) is 0. The van der Waals surface area contributed by atoms with Crippen LogP contribution in [0.5, 0.6) is 0 Å². The van der Waals surface area contributed by atoms with Crippen LogP contribution in [-0.4, -0.2) is 13.4 Å². The second-order valence-corrected chi connectivity index (χ2v) is 4.05. The normalized spacial score (nSPS) is 42.9. The zero-order valence-electron chi connectivity index (χ0n) is 6.24. The van der Waals surface area contributed by atoms with E-state index in [2.05, 4.69) is 0 Å². The monoisotopic (exact) mass is 126 g/mol. The second kappa shape index (κ2) is 1.53. The van der Waals surface area contributed by atoms with E-state index >= 15 is 0 Å². The highest BCUT2D eigenvalue weighted by Crippen LogP contribution is 2.54. The Balaban J connectivity index is 2.52. The molecule has 0 aromatic rings. The van der Waals surface area contributed by atoms with Crippen LogP contribution in [0.1, 0.15) is 27.2 Å². The Morgan fingerprint density at radius 2 is 1.89 bits per heavy atom. The second-order valence-electron chi connectivity index (χ2n) is 4.05. The summed E-state index contributed by atoms with van der Waals surface area (Å²) in [5, 5.41) is 0. The van der Waals surface area contributed by atoms with Gasteiger partial charge in [0.05, 0.1) is 5.57 Å². The molecule has 1 saturated carbocycles. The molecule has 0 bridgehead atoms. The van der Waals surface area contributed by atoms with Gasteiger partial charge < -0.3 is 0 Å². The summed E-state index contributed by atoms with van der Waals surface area (Å²) in [5.74, 6) is 0.0741. The van der Waals surface area contributed by atoms with Gasteiger partial charge in [0.25, 0.3) is 0 Å². The molecule has 0 aromatic carbocycles. The average molecular weight is 126 g/mol. The summed E-state index contributed by atoms with van der Waals surface area (Å²) in [4.78, 5) is 0. The number of halogens is 1. The van der Waals surface area contributed by atoms with E-state index in [1.807, 2.05) is 20.8 Å². The molecule has 2 radical (unpaired) electrons. The molecule has 2 heteroatoms. The first kappa shape index (κ1) is 7.11. The molecule has 0 saturated heterocycles. The van der Waals surface area contributed by atoms with Gasteiger partial charge in [-0.1, -0.05) is 20.8 Å². The Hall–Kier alpha value is -0.00506. The van der Waals surface area contributed by atoms with Crippen LogP contribution >= 0.6 is 0 Å². The van der Waals surface area contributed by atoms with Crippen molar-refractivity contribution in [3.8, 4) is 0 Å². The summed E-state index contributed by atoms with van der Waals surface area (Å²) in [5.41, 5.74) is -1.30. The number of hydrogen-bond acceptors (Lipinski definition) is 0. The molecule has 0 nitrogen and oxygen atoms in total. The van der Waals surface area contributed by atoms with Crippen molar-refractivity contribution in [1.82, 2.24) is 0 Å². The Bertz CT molecular complexity index is 123. The van der Waals surface area contributed by atoms with Crippen LogP contribution in [0.15, 0.2) is 0 Å². The lowest BCUT2D eigenvalue weighted by Crippen LogP contribution is -2.16. The fraction of sp³-hybridized carbons (Fsp3) is 1.00. The van der Waals surface area contributed by atoms with E-state index in [1.165, 1.54) is 0 Å². The van der Waals surface area contributed by atoms with Gasteiger partial charge in [0.2, 0.25) is 0 Å². The predicted octanol–water partition coefficient (Wildman–Crippen LogP) is 1.89. The molecule has 0 N–H and O–H groups in total. The van der Waals surface area contributed by atoms with Crippen LogP contribution in [-0.2, 0) is 0 Å².